The van der Waals surface area contributed by atoms with Crippen molar-refractivity contribution < 1.29 is 19.1 Å². The minimum Gasteiger partial charge on any atom is -0.484 e. The van der Waals surface area contributed by atoms with Crippen molar-refractivity contribution >= 4 is 33.4 Å². The van der Waals surface area contributed by atoms with Crippen molar-refractivity contribution in [3.8, 4) is 11.5 Å². The summed E-state index contributed by atoms with van der Waals surface area (Å²) in [5.74, 6) is 1.01. The van der Waals surface area contributed by atoms with Crippen LogP contribution in [0, 0.1) is 0 Å². The second-order valence-electron chi connectivity index (χ2n) is 8.00. The zero-order valence-corrected chi connectivity index (χ0v) is 19.0. The number of carbonyl (C=O) groups excluding carboxylic acids is 2. The lowest BCUT2D eigenvalue weighted by Gasteiger charge is -2.09. The van der Waals surface area contributed by atoms with Crippen molar-refractivity contribution in [2.45, 2.75) is 12.8 Å². The summed E-state index contributed by atoms with van der Waals surface area (Å²) in [4.78, 5) is 24.0. The molecule has 0 bridgehead atoms. The van der Waals surface area contributed by atoms with E-state index in [1.54, 1.807) is 0 Å². The molecular formula is C28H28N2O4. The van der Waals surface area contributed by atoms with E-state index < -0.39 is 0 Å². The van der Waals surface area contributed by atoms with Crippen LogP contribution in [-0.4, -0.2) is 38.1 Å². The van der Waals surface area contributed by atoms with Crippen LogP contribution in [0.4, 0.5) is 0 Å². The predicted molar refractivity (Wildman–Crippen MR) is 134 cm³/mol. The Morgan fingerprint density at radius 1 is 0.559 bits per heavy atom. The smallest absolute Gasteiger partial charge is 0.257 e. The van der Waals surface area contributed by atoms with Crippen molar-refractivity contribution in [1.29, 1.82) is 0 Å². The molecule has 4 aromatic carbocycles. The van der Waals surface area contributed by atoms with Gasteiger partial charge in [0.25, 0.3) is 11.8 Å². The number of rotatable bonds is 11. The van der Waals surface area contributed by atoms with Gasteiger partial charge in [-0.25, -0.2) is 0 Å². The number of nitrogens with one attached hydrogen (secondary N) is 2. The third kappa shape index (κ3) is 6.72. The SMILES string of the molecule is O=C(COc1ccc2ccccc2c1)NCCCCNC(=O)COc1ccc2ccccc2c1. The van der Waals surface area contributed by atoms with E-state index in [0.29, 0.717) is 24.6 Å². The number of fused-ring (bicyclic) bond motifs is 2. The van der Waals surface area contributed by atoms with Gasteiger partial charge in [-0.15, -0.1) is 0 Å². The third-order valence-corrected chi connectivity index (χ3v) is 5.43. The van der Waals surface area contributed by atoms with Crippen LogP contribution in [0.1, 0.15) is 12.8 Å². The molecule has 0 saturated carbocycles. The summed E-state index contributed by atoms with van der Waals surface area (Å²) in [5, 5.41) is 10.1. The molecule has 0 radical (unpaired) electrons. The molecule has 0 aliphatic carbocycles. The van der Waals surface area contributed by atoms with E-state index >= 15 is 0 Å². The number of ether oxygens (including phenoxy) is 2. The summed E-state index contributed by atoms with van der Waals surface area (Å²) in [6, 6.07) is 27.5. The van der Waals surface area contributed by atoms with E-state index in [-0.39, 0.29) is 25.0 Å². The Hall–Kier alpha value is -4.06. The molecule has 6 heteroatoms. The van der Waals surface area contributed by atoms with Crippen molar-refractivity contribution in [3.05, 3.63) is 84.9 Å². The molecular weight excluding hydrogens is 428 g/mol. The maximum Gasteiger partial charge on any atom is 0.257 e. The van der Waals surface area contributed by atoms with Crippen LogP contribution in [0.5, 0.6) is 11.5 Å². The third-order valence-electron chi connectivity index (χ3n) is 5.43. The maximum atomic E-state index is 12.0. The average molecular weight is 457 g/mol. The van der Waals surface area contributed by atoms with Crippen LogP contribution >= 0.6 is 0 Å². The van der Waals surface area contributed by atoms with Gasteiger partial charge in [0.2, 0.25) is 0 Å². The molecule has 34 heavy (non-hydrogen) atoms. The minimum atomic E-state index is -0.166. The zero-order chi connectivity index (χ0) is 23.6. The van der Waals surface area contributed by atoms with Gasteiger partial charge in [0, 0.05) is 13.1 Å². The first-order valence-corrected chi connectivity index (χ1v) is 11.4. The first-order chi connectivity index (χ1) is 16.7. The highest BCUT2D eigenvalue weighted by atomic mass is 16.5. The fourth-order valence-corrected chi connectivity index (χ4v) is 3.62. The fraction of sp³-hybridized carbons (Fsp3) is 0.214. The van der Waals surface area contributed by atoms with Crippen molar-refractivity contribution in [2.75, 3.05) is 26.3 Å². The van der Waals surface area contributed by atoms with Crippen molar-refractivity contribution in [1.82, 2.24) is 10.6 Å². The summed E-state index contributed by atoms with van der Waals surface area (Å²) < 4.78 is 11.2. The van der Waals surface area contributed by atoms with E-state index in [4.69, 9.17) is 9.47 Å². The predicted octanol–water partition coefficient (Wildman–Crippen LogP) is 4.46. The van der Waals surface area contributed by atoms with Crippen LogP contribution in [-0.2, 0) is 9.59 Å². The van der Waals surface area contributed by atoms with E-state index in [9.17, 15) is 9.59 Å². The van der Waals surface area contributed by atoms with Gasteiger partial charge in [-0.1, -0.05) is 60.7 Å². The molecule has 0 aliphatic rings. The van der Waals surface area contributed by atoms with Crippen molar-refractivity contribution in [3.63, 3.8) is 0 Å². The highest BCUT2D eigenvalue weighted by molar-refractivity contribution is 5.85. The Morgan fingerprint density at radius 3 is 1.41 bits per heavy atom. The van der Waals surface area contributed by atoms with E-state index in [1.807, 2.05) is 84.9 Å². The van der Waals surface area contributed by atoms with E-state index in [1.165, 1.54) is 0 Å². The highest BCUT2D eigenvalue weighted by Crippen LogP contribution is 2.21. The van der Waals surface area contributed by atoms with E-state index in [2.05, 4.69) is 10.6 Å². The zero-order valence-electron chi connectivity index (χ0n) is 19.0. The molecule has 0 saturated heterocycles. The highest BCUT2D eigenvalue weighted by Gasteiger charge is 2.05. The molecule has 0 spiro atoms. The summed E-state index contributed by atoms with van der Waals surface area (Å²) in [5.41, 5.74) is 0. The first-order valence-electron chi connectivity index (χ1n) is 11.4. The number of benzene rings is 4. The van der Waals surface area contributed by atoms with Gasteiger partial charge in [-0.05, 0) is 58.7 Å². The van der Waals surface area contributed by atoms with Gasteiger partial charge in [-0.2, -0.15) is 0 Å². The molecule has 0 fully saturated rings. The Morgan fingerprint density at radius 2 is 0.971 bits per heavy atom. The Kier molecular flexibility index (Phi) is 7.95. The van der Waals surface area contributed by atoms with E-state index in [0.717, 1.165) is 34.4 Å². The Labute approximate surface area is 198 Å². The molecule has 0 aromatic heterocycles. The molecule has 0 unspecified atom stereocenters. The second-order valence-corrected chi connectivity index (χ2v) is 8.00. The van der Waals surface area contributed by atoms with Crippen LogP contribution in [0.3, 0.4) is 0 Å². The second kappa shape index (κ2) is 11.7. The summed E-state index contributed by atoms with van der Waals surface area (Å²) in [6.45, 7) is 1.01. The van der Waals surface area contributed by atoms with Gasteiger partial charge in [0.15, 0.2) is 13.2 Å². The monoisotopic (exact) mass is 456 g/mol. The standard InChI is InChI=1S/C28H28N2O4/c31-27(19-33-25-13-11-21-7-1-3-9-23(21)17-25)29-15-5-6-16-30-28(32)20-34-26-14-12-22-8-2-4-10-24(22)18-26/h1-4,7-14,17-18H,5-6,15-16,19-20H2,(H,29,31)(H,30,32). The average Bonchev–Trinajstić information content (AvgIpc) is 2.88. The normalized spacial score (nSPS) is 10.7. The lowest BCUT2D eigenvalue weighted by Crippen LogP contribution is -2.32. The molecule has 0 atom stereocenters. The molecule has 4 aromatic rings. The van der Waals surface area contributed by atoms with Gasteiger partial charge < -0.3 is 20.1 Å². The molecule has 0 aliphatic heterocycles. The summed E-state index contributed by atoms with van der Waals surface area (Å²) in [7, 11) is 0. The molecule has 0 heterocycles. The molecule has 2 amide bonds. The van der Waals surface area contributed by atoms with Gasteiger partial charge in [-0.3, -0.25) is 9.59 Å². The summed E-state index contributed by atoms with van der Waals surface area (Å²) >= 11 is 0. The Balaban J connectivity index is 1.06. The summed E-state index contributed by atoms with van der Waals surface area (Å²) in [6.07, 6.45) is 1.51. The fourth-order valence-electron chi connectivity index (χ4n) is 3.62. The number of amides is 2. The maximum absolute atomic E-state index is 12.0. The molecule has 174 valence electrons. The lowest BCUT2D eigenvalue weighted by molar-refractivity contribution is -0.124. The largest absolute Gasteiger partial charge is 0.484 e. The van der Waals surface area contributed by atoms with Crippen LogP contribution in [0.25, 0.3) is 21.5 Å². The topological polar surface area (TPSA) is 76.7 Å². The van der Waals surface area contributed by atoms with Gasteiger partial charge in [0.1, 0.15) is 11.5 Å². The quantitative estimate of drug-likeness (QED) is 0.327. The number of unbranched alkanes of at least 4 members (excludes halogenated alkanes) is 1. The number of carbonyl (C=O) groups is 2. The minimum absolute atomic E-state index is 0.0266. The number of hydrogen-bond acceptors (Lipinski definition) is 4. The van der Waals surface area contributed by atoms with Gasteiger partial charge in [0.05, 0.1) is 0 Å². The Bertz CT molecular complexity index is 1170. The molecule has 6 nitrogen and oxygen atoms in total. The first kappa shape index (κ1) is 23.1. The molecule has 2 N–H and O–H groups in total. The van der Waals surface area contributed by atoms with Crippen LogP contribution < -0.4 is 20.1 Å². The van der Waals surface area contributed by atoms with Crippen molar-refractivity contribution in [2.24, 2.45) is 0 Å². The lowest BCUT2D eigenvalue weighted by atomic mass is 10.1. The van der Waals surface area contributed by atoms with Crippen LogP contribution in [0.2, 0.25) is 0 Å². The number of hydrogen-bond donors (Lipinski definition) is 2. The van der Waals surface area contributed by atoms with Crippen LogP contribution in [0.15, 0.2) is 84.9 Å². The van der Waals surface area contributed by atoms with Gasteiger partial charge >= 0.3 is 0 Å². The molecule has 4 rings (SSSR count).